The quantitative estimate of drug-likeness (QED) is 0.727. The zero-order valence-electron chi connectivity index (χ0n) is 11.6. The lowest BCUT2D eigenvalue weighted by molar-refractivity contribution is -0.154. The number of imide groups is 1. The Morgan fingerprint density at radius 1 is 1.22 bits per heavy atom. The number of hydrogen-bond acceptors (Lipinski definition) is 3. The van der Waals surface area contributed by atoms with Crippen LogP contribution in [0, 0.1) is 5.41 Å². The number of nitrogens with one attached hydrogen (secondary N) is 1. The monoisotopic (exact) mass is 256 g/mol. The molecule has 0 aromatic heterocycles. The molecule has 0 aliphatic carbocycles. The molecule has 0 aromatic rings. The van der Waals surface area contributed by atoms with Crippen LogP contribution in [-0.4, -0.2) is 39.0 Å². The van der Waals surface area contributed by atoms with Crippen LogP contribution in [0.25, 0.3) is 0 Å². The van der Waals surface area contributed by atoms with E-state index in [9.17, 15) is 14.4 Å². The van der Waals surface area contributed by atoms with Gasteiger partial charge in [0.1, 0.15) is 11.1 Å². The van der Waals surface area contributed by atoms with Gasteiger partial charge in [-0.2, -0.15) is 0 Å². The molecule has 0 radical (unpaired) electrons. The number of carboxylic acids is 1. The highest BCUT2D eigenvalue weighted by Crippen LogP contribution is 2.37. The van der Waals surface area contributed by atoms with Crippen LogP contribution in [0.4, 0.5) is 4.79 Å². The largest absolute Gasteiger partial charge is 0.480 e. The lowest BCUT2D eigenvalue weighted by Gasteiger charge is -2.37. The van der Waals surface area contributed by atoms with E-state index in [0.29, 0.717) is 0 Å². The van der Waals surface area contributed by atoms with Crippen molar-refractivity contribution in [2.24, 2.45) is 5.41 Å². The number of carbonyl (C=O) groups excluding carboxylic acids is 2. The van der Waals surface area contributed by atoms with E-state index >= 15 is 0 Å². The van der Waals surface area contributed by atoms with Crippen molar-refractivity contribution < 1.29 is 19.5 Å². The lowest BCUT2D eigenvalue weighted by atomic mass is 9.74. The summed E-state index contributed by atoms with van der Waals surface area (Å²) in [6.07, 6.45) is 0. The fourth-order valence-electron chi connectivity index (χ4n) is 1.75. The molecule has 0 bridgehead atoms. The molecule has 6 nitrogen and oxygen atoms in total. The molecule has 2 N–H and O–H groups in total. The Morgan fingerprint density at radius 3 is 1.94 bits per heavy atom. The first-order chi connectivity index (χ1) is 7.85. The van der Waals surface area contributed by atoms with Gasteiger partial charge >= 0.3 is 12.0 Å². The summed E-state index contributed by atoms with van der Waals surface area (Å²) in [7, 11) is 0. The molecule has 1 saturated heterocycles. The van der Waals surface area contributed by atoms with Gasteiger partial charge in [0.25, 0.3) is 5.91 Å². The molecular formula is C12H20N2O4. The van der Waals surface area contributed by atoms with Crippen molar-refractivity contribution >= 4 is 17.9 Å². The third kappa shape index (κ3) is 1.76. The zero-order valence-corrected chi connectivity index (χ0v) is 11.6. The van der Waals surface area contributed by atoms with Gasteiger partial charge in [-0.1, -0.05) is 20.8 Å². The molecule has 1 aliphatic heterocycles. The minimum Gasteiger partial charge on any atom is -0.480 e. The van der Waals surface area contributed by atoms with Crippen LogP contribution in [0.1, 0.15) is 41.5 Å². The molecule has 1 rings (SSSR count). The Bertz CT molecular complexity index is 422. The molecule has 0 spiro atoms. The van der Waals surface area contributed by atoms with Gasteiger partial charge in [-0.25, -0.2) is 14.5 Å². The maximum Gasteiger partial charge on any atom is 0.329 e. The predicted octanol–water partition coefficient (Wildman–Crippen LogP) is 1.21. The summed E-state index contributed by atoms with van der Waals surface area (Å²) in [6, 6.07) is -0.662. The highest BCUT2D eigenvalue weighted by Gasteiger charge is 2.59. The summed E-state index contributed by atoms with van der Waals surface area (Å²) in [6.45, 7) is 9.75. The normalized spacial score (nSPS) is 25.3. The molecule has 3 amide bonds. The van der Waals surface area contributed by atoms with E-state index in [-0.39, 0.29) is 0 Å². The molecule has 1 heterocycles. The first-order valence-electron chi connectivity index (χ1n) is 5.76. The van der Waals surface area contributed by atoms with E-state index in [1.807, 2.05) is 20.8 Å². The highest BCUT2D eigenvalue weighted by atomic mass is 16.4. The van der Waals surface area contributed by atoms with Gasteiger partial charge in [0.05, 0.1) is 0 Å². The molecule has 18 heavy (non-hydrogen) atoms. The topological polar surface area (TPSA) is 86.7 Å². The second-order valence-corrected chi connectivity index (χ2v) is 6.31. The van der Waals surface area contributed by atoms with E-state index in [1.165, 1.54) is 13.8 Å². The van der Waals surface area contributed by atoms with Gasteiger partial charge in [0.15, 0.2) is 0 Å². The molecular weight excluding hydrogens is 236 g/mol. The molecule has 1 unspecified atom stereocenters. The first kappa shape index (κ1) is 14.5. The van der Waals surface area contributed by atoms with Crippen molar-refractivity contribution in [1.29, 1.82) is 0 Å². The minimum atomic E-state index is -1.57. The predicted molar refractivity (Wildman–Crippen MR) is 65.0 cm³/mol. The van der Waals surface area contributed by atoms with Gasteiger partial charge in [0, 0.05) is 0 Å². The van der Waals surface area contributed by atoms with Gasteiger partial charge in [-0.15, -0.1) is 0 Å². The summed E-state index contributed by atoms with van der Waals surface area (Å²) in [5.74, 6) is -1.73. The van der Waals surface area contributed by atoms with Crippen molar-refractivity contribution in [2.45, 2.75) is 52.6 Å². The van der Waals surface area contributed by atoms with E-state index in [4.69, 9.17) is 5.11 Å². The van der Waals surface area contributed by atoms with Gasteiger partial charge in [-0.3, -0.25) is 4.79 Å². The van der Waals surface area contributed by atoms with Gasteiger partial charge in [-0.05, 0) is 26.2 Å². The molecule has 1 fully saturated rings. The van der Waals surface area contributed by atoms with Crippen molar-refractivity contribution in [3.8, 4) is 0 Å². The molecule has 0 saturated carbocycles. The number of amides is 3. The summed E-state index contributed by atoms with van der Waals surface area (Å²) in [5.41, 5.74) is -3.18. The maximum absolute atomic E-state index is 12.4. The number of carbonyl (C=O) groups is 3. The Balaban J connectivity index is 3.27. The number of urea groups is 1. The van der Waals surface area contributed by atoms with Crippen LogP contribution in [0.5, 0.6) is 0 Å². The number of hydrogen-bond donors (Lipinski definition) is 2. The van der Waals surface area contributed by atoms with Crippen LogP contribution in [0.15, 0.2) is 0 Å². The van der Waals surface area contributed by atoms with E-state index < -0.39 is 34.4 Å². The summed E-state index contributed by atoms with van der Waals surface area (Å²) >= 11 is 0. The molecule has 6 heteroatoms. The minimum absolute atomic E-state index is 0.507. The SMILES string of the molecule is CC(C)(C(=O)O)N1C(=O)NC(C)(C(C)(C)C)C1=O. The average Bonchev–Trinajstić information content (AvgIpc) is 2.37. The molecule has 1 aliphatic rings. The molecule has 102 valence electrons. The number of carboxylic acid groups (broad SMARTS) is 1. The second-order valence-electron chi connectivity index (χ2n) is 6.31. The second kappa shape index (κ2) is 3.70. The van der Waals surface area contributed by atoms with Crippen LogP contribution in [0.3, 0.4) is 0 Å². The van der Waals surface area contributed by atoms with Crippen LogP contribution in [-0.2, 0) is 9.59 Å². The van der Waals surface area contributed by atoms with Crippen molar-refractivity contribution in [3.63, 3.8) is 0 Å². The van der Waals surface area contributed by atoms with Crippen molar-refractivity contribution in [3.05, 3.63) is 0 Å². The average molecular weight is 256 g/mol. The van der Waals surface area contributed by atoms with Gasteiger partial charge < -0.3 is 10.4 Å². The van der Waals surface area contributed by atoms with Crippen LogP contribution in [0.2, 0.25) is 0 Å². The third-order valence-electron chi connectivity index (χ3n) is 3.77. The number of aliphatic carboxylic acids is 1. The van der Waals surface area contributed by atoms with E-state index in [0.717, 1.165) is 4.90 Å². The summed E-state index contributed by atoms with van der Waals surface area (Å²) in [4.78, 5) is 36.3. The molecule has 1 atom stereocenters. The highest BCUT2D eigenvalue weighted by molar-refractivity contribution is 6.10. The fraction of sp³-hybridized carbons (Fsp3) is 0.750. The van der Waals surface area contributed by atoms with Crippen LogP contribution < -0.4 is 5.32 Å². The Labute approximate surface area is 106 Å². The van der Waals surface area contributed by atoms with Crippen molar-refractivity contribution in [2.75, 3.05) is 0 Å². The Kier molecular flexibility index (Phi) is 2.97. The Hall–Kier alpha value is -1.59. The molecule has 0 aromatic carbocycles. The van der Waals surface area contributed by atoms with Crippen molar-refractivity contribution in [1.82, 2.24) is 10.2 Å². The smallest absolute Gasteiger partial charge is 0.329 e. The van der Waals surface area contributed by atoms with E-state index in [2.05, 4.69) is 5.32 Å². The lowest BCUT2D eigenvalue weighted by Crippen LogP contribution is -2.57. The van der Waals surface area contributed by atoms with Gasteiger partial charge in [0.2, 0.25) is 0 Å². The maximum atomic E-state index is 12.4. The third-order valence-corrected chi connectivity index (χ3v) is 3.77. The number of nitrogens with zero attached hydrogens (tertiary/aromatic N) is 1. The Morgan fingerprint density at radius 2 is 1.67 bits per heavy atom. The standard InChI is InChI=1S/C12H20N2O4/c1-10(2,3)12(6)7(15)14(9(18)13-12)11(4,5)8(16)17/h1-6H3,(H,13,18)(H,16,17). The zero-order chi connectivity index (χ0) is 14.5. The first-order valence-corrected chi connectivity index (χ1v) is 5.76. The van der Waals surface area contributed by atoms with E-state index in [1.54, 1.807) is 6.92 Å². The fourth-order valence-corrected chi connectivity index (χ4v) is 1.75. The number of rotatable bonds is 2. The summed E-state index contributed by atoms with van der Waals surface area (Å²) < 4.78 is 0. The summed E-state index contributed by atoms with van der Waals surface area (Å²) in [5, 5.41) is 11.7. The van der Waals surface area contributed by atoms with Crippen LogP contribution >= 0.6 is 0 Å².